The third kappa shape index (κ3) is 24.5. The molecule has 270 valence electrons. The zero-order valence-electron chi connectivity index (χ0n) is 31.3. The van der Waals surface area contributed by atoms with Gasteiger partial charge in [-0.15, -0.1) is 12.8 Å². The molecule has 0 saturated heterocycles. The van der Waals surface area contributed by atoms with Crippen LogP contribution in [0.25, 0.3) is 0 Å². The lowest BCUT2D eigenvalue weighted by Crippen LogP contribution is -2.34. The standard InChI is InChI=1S/C19H33NO3.C16H27NO3.C2H6.C2H2/c1-3-13-20(15-17(12-14-21)18(22)4-2)19(23)11-10-16-8-6-5-7-9-16;1-6-12(4)13(5)9-10-14(7-2)17-15(18)11-16(19)20-8-3;2*1-2/h4,12,16,21-22H,3,5-11,13-15H2,1-2H3;10H,6-9,11H2,1-5H3,(H,17,18);1-2H3;1-2H/b17-12-,18-4+;13-12-,14-10+;;. The third-order valence-electron chi connectivity index (χ3n) is 7.84. The molecule has 8 nitrogen and oxygen atoms in total. The van der Waals surface area contributed by atoms with E-state index < -0.39 is 5.97 Å². The van der Waals surface area contributed by atoms with E-state index in [1.807, 2.05) is 38.7 Å². The molecule has 1 aliphatic rings. The summed E-state index contributed by atoms with van der Waals surface area (Å²) in [4.78, 5) is 37.2. The minimum absolute atomic E-state index is 0.135. The van der Waals surface area contributed by atoms with Crippen LogP contribution < -0.4 is 5.32 Å². The molecule has 0 unspecified atom stereocenters. The molecule has 0 aromatic rings. The Bertz CT molecular complexity index is 1000. The van der Waals surface area contributed by atoms with Crippen LogP contribution in [0.15, 0.2) is 46.4 Å². The minimum atomic E-state index is -0.488. The van der Waals surface area contributed by atoms with Crippen molar-refractivity contribution in [1.29, 1.82) is 0 Å². The molecule has 1 aliphatic carbocycles. The second kappa shape index (κ2) is 32.6. The fourth-order valence-corrected chi connectivity index (χ4v) is 4.88. The van der Waals surface area contributed by atoms with Crippen LogP contribution in [0.3, 0.4) is 0 Å². The first-order chi connectivity index (χ1) is 22.6. The first-order valence-electron chi connectivity index (χ1n) is 17.6. The number of allylic oxidation sites excluding steroid dienone is 5. The highest BCUT2D eigenvalue weighted by Crippen LogP contribution is 2.27. The molecule has 2 amide bonds. The van der Waals surface area contributed by atoms with Gasteiger partial charge in [-0.25, -0.2) is 0 Å². The highest BCUT2D eigenvalue weighted by atomic mass is 16.5. The SMILES string of the molecule is C#C.C/C=C(O)\C(=C/CO)CN(CCC)C(=O)CCC1CCCCC1.CC.CCOC(=O)CC(=O)N/C(=C/C/C(C)=C(/C)CC)CC. The van der Waals surface area contributed by atoms with E-state index in [-0.39, 0.29) is 30.6 Å². The van der Waals surface area contributed by atoms with Crippen molar-refractivity contribution in [2.24, 2.45) is 5.92 Å². The van der Waals surface area contributed by atoms with Crippen LogP contribution in [0.2, 0.25) is 0 Å². The van der Waals surface area contributed by atoms with Gasteiger partial charge < -0.3 is 25.2 Å². The summed E-state index contributed by atoms with van der Waals surface area (Å²) in [7, 11) is 0. The fourth-order valence-electron chi connectivity index (χ4n) is 4.88. The van der Waals surface area contributed by atoms with E-state index in [0.717, 1.165) is 37.8 Å². The van der Waals surface area contributed by atoms with Crippen molar-refractivity contribution in [2.75, 3.05) is 26.3 Å². The lowest BCUT2D eigenvalue weighted by Gasteiger charge is -2.26. The summed E-state index contributed by atoms with van der Waals surface area (Å²) in [5.74, 6) is 0.196. The number of nitrogens with one attached hydrogen (secondary N) is 1. The van der Waals surface area contributed by atoms with Crippen molar-refractivity contribution in [3.63, 3.8) is 0 Å². The van der Waals surface area contributed by atoms with E-state index in [1.54, 1.807) is 26.0 Å². The first-order valence-corrected chi connectivity index (χ1v) is 17.6. The molecule has 0 spiro atoms. The van der Waals surface area contributed by atoms with Gasteiger partial charge in [-0.2, -0.15) is 0 Å². The van der Waals surface area contributed by atoms with Crippen LogP contribution in [0.5, 0.6) is 0 Å². The number of hydrogen-bond acceptors (Lipinski definition) is 6. The number of hydrogen-bond donors (Lipinski definition) is 3. The highest BCUT2D eigenvalue weighted by molar-refractivity contribution is 5.94. The van der Waals surface area contributed by atoms with Crippen LogP contribution >= 0.6 is 0 Å². The van der Waals surface area contributed by atoms with Crippen LogP contribution in [0.1, 0.15) is 139 Å². The Labute approximate surface area is 287 Å². The number of ether oxygens (including phenoxy) is 1. The van der Waals surface area contributed by atoms with E-state index in [1.165, 1.54) is 43.3 Å². The van der Waals surface area contributed by atoms with Crippen molar-refractivity contribution in [1.82, 2.24) is 10.2 Å². The van der Waals surface area contributed by atoms with Crippen molar-refractivity contribution in [3.05, 3.63) is 46.4 Å². The number of carbonyl (C=O) groups excluding carboxylic acids is 3. The lowest BCUT2D eigenvalue weighted by molar-refractivity contribution is -0.145. The largest absolute Gasteiger partial charge is 0.508 e. The summed E-state index contributed by atoms with van der Waals surface area (Å²) in [6.45, 7) is 19.0. The fraction of sp³-hybridized carbons (Fsp3) is 0.667. The van der Waals surface area contributed by atoms with Crippen LogP contribution in [-0.4, -0.2) is 59.2 Å². The summed E-state index contributed by atoms with van der Waals surface area (Å²) in [5.41, 5.74) is 4.16. The number of terminal acetylenes is 1. The second-order valence-electron chi connectivity index (χ2n) is 11.2. The van der Waals surface area contributed by atoms with E-state index in [9.17, 15) is 19.5 Å². The van der Waals surface area contributed by atoms with E-state index >= 15 is 0 Å². The smallest absolute Gasteiger partial charge is 0.315 e. The molecule has 0 bridgehead atoms. The zero-order valence-corrected chi connectivity index (χ0v) is 31.3. The Morgan fingerprint density at radius 3 is 2.06 bits per heavy atom. The predicted octanol–water partition coefficient (Wildman–Crippen LogP) is 8.73. The lowest BCUT2D eigenvalue weighted by atomic mass is 9.86. The average molecular weight is 661 g/mol. The van der Waals surface area contributed by atoms with Crippen LogP contribution in [0.4, 0.5) is 0 Å². The van der Waals surface area contributed by atoms with Gasteiger partial charge in [-0.1, -0.05) is 90.0 Å². The van der Waals surface area contributed by atoms with E-state index in [2.05, 4.69) is 38.9 Å². The molecule has 1 rings (SSSR count). The minimum Gasteiger partial charge on any atom is -0.508 e. The molecule has 1 fully saturated rings. The predicted molar refractivity (Wildman–Crippen MR) is 197 cm³/mol. The quantitative estimate of drug-likeness (QED) is 0.0359. The van der Waals surface area contributed by atoms with Crippen molar-refractivity contribution in [3.8, 4) is 12.8 Å². The molecule has 8 heteroatoms. The Morgan fingerprint density at radius 2 is 1.57 bits per heavy atom. The first kappa shape index (κ1) is 48.1. The maximum absolute atomic E-state index is 12.6. The molecular formula is C39H68N2O6. The molecule has 3 N–H and O–H groups in total. The van der Waals surface area contributed by atoms with Gasteiger partial charge in [0, 0.05) is 30.8 Å². The van der Waals surface area contributed by atoms with Crippen LogP contribution in [0, 0.1) is 18.8 Å². The summed E-state index contributed by atoms with van der Waals surface area (Å²) in [6.07, 6.45) is 24.5. The van der Waals surface area contributed by atoms with Gasteiger partial charge in [-0.3, -0.25) is 14.4 Å². The van der Waals surface area contributed by atoms with Gasteiger partial charge in [0.1, 0.15) is 12.2 Å². The van der Waals surface area contributed by atoms with Gasteiger partial charge in [-0.05, 0) is 71.8 Å². The van der Waals surface area contributed by atoms with Gasteiger partial charge >= 0.3 is 5.97 Å². The molecule has 1 saturated carbocycles. The van der Waals surface area contributed by atoms with E-state index in [4.69, 9.17) is 9.84 Å². The van der Waals surface area contributed by atoms with Crippen molar-refractivity contribution < 1.29 is 29.3 Å². The van der Waals surface area contributed by atoms with Crippen molar-refractivity contribution >= 4 is 17.8 Å². The van der Waals surface area contributed by atoms with Crippen LogP contribution in [-0.2, 0) is 19.1 Å². The molecular weight excluding hydrogens is 592 g/mol. The maximum atomic E-state index is 12.6. The number of amides is 2. The summed E-state index contributed by atoms with van der Waals surface area (Å²) in [5, 5.41) is 21.8. The maximum Gasteiger partial charge on any atom is 0.315 e. The summed E-state index contributed by atoms with van der Waals surface area (Å²) >= 11 is 0. The van der Waals surface area contributed by atoms with Gasteiger partial charge in [0.15, 0.2) is 0 Å². The van der Waals surface area contributed by atoms with Crippen molar-refractivity contribution in [2.45, 2.75) is 139 Å². The van der Waals surface area contributed by atoms with Gasteiger partial charge in [0.25, 0.3) is 0 Å². The Kier molecular flexibility index (Phi) is 33.4. The molecule has 0 heterocycles. The molecule has 47 heavy (non-hydrogen) atoms. The molecule has 0 atom stereocenters. The average Bonchev–Trinajstić information content (AvgIpc) is 3.10. The van der Waals surface area contributed by atoms with Gasteiger partial charge in [0.2, 0.25) is 11.8 Å². The number of aliphatic hydroxyl groups excluding tert-OH is 2. The Morgan fingerprint density at radius 1 is 0.957 bits per heavy atom. The Hall–Kier alpha value is -3.31. The third-order valence-corrected chi connectivity index (χ3v) is 7.84. The monoisotopic (exact) mass is 661 g/mol. The number of rotatable bonds is 17. The summed E-state index contributed by atoms with van der Waals surface area (Å²) in [6, 6.07) is 0. The molecule has 0 aromatic carbocycles. The molecule has 0 aromatic heterocycles. The van der Waals surface area contributed by atoms with Gasteiger partial charge in [0.05, 0.1) is 13.2 Å². The molecule has 0 radical (unpaired) electrons. The number of aliphatic hydroxyl groups is 2. The Balaban J connectivity index is -0.000000751. The second-order valence-corrected chi connectivity index (χ2v) is 11.2. The highest BCUT2D eigenvalue weighted by Gasteiger charge is 2.19. The van der Waals surface area contributed by atoms with E-state index in [0.29, 0.717) is 37.6 Å². The zero-order chi connectivity index (χ0) is 36.6. The number of carbonyl (C=O) groups is 3. The number of nitrogens with zero attached hydrogens (tertiary/aromatic N) is 1. The summed E-state index contributed by atoms with van der Waals surface area (Å²) < 4.78 is 4.75. The normalized spacial score (nSPS) is 14.1. The number of esters is 1. The topological polar surface area (TPSA) is 116 Å². The molecule has 0 aliphatic heterocycles.